The molecule has 0 saturated heterocycles. The van der Waals surface area contributed by atoms with Gasteiger partial charge in [-0.1, -0.05) is 12.1 Å². The fraction of sp³-hybridized carbons (Fsp3) is 0.182. The first-order valence-corrected chi connectivity index (χ1v) is 8.72. The predicted octanol–water partition coefficient (Wildman–Crippen LogP) is 5.01. The van der Waals surface area contributed by atoms with Gasteiger partial charge in [0.15, 0.2) is 0 Å². The van der Waals surface area contributed by atoms with Crippen LogP contribution in [0.25, 0.3) is 0 Å². The number of pyridine rings is 1. The third-order valence-electron chi connectivity index (χ3n) is 4.39. The number of benzene rings is 2. The fourth-order valence-electron chi connectivity index (χ4n) is 2.69. The van der Waals surface area contributed by atoms with E-state index in [9.17, 15) is 4.79 Å². The summed E-state index contributed by atoms with van der Waals surface area (Å²) in [5.41, 5.74) is 6.19. The molecule has 0 aliphatic heterocycles. The molecule has 5 nitrogen and oxygen atoms in total. The first-order chi connectivity index (χ1) is 13.0. The molecule has 1 aromatic heterocycles. The molecule has 138 valence electrons. The van der Waals surface area contributed by atoms with Crippen LogP contribution in [-0.4, -0.2) is 18.0 Å². The van der Waals surface area contributed by atoms with Gasteiger partial charge >= 0.3 is 0 Å². The number of methoxy groups -OCH3 is 1. The predicted molar refractivity (Wildman–Crippen MR) is 109 cm³/mol. The van der Waals surface area contributed by atoms with Gasteiger partial charge in [0.2, 0.25) is 0 Å². The number of anilines is 3. The summed E-state index contributed by atoms with van der Waals surface area (Å²) in [4.78, 5) is 16.7. The van der Waals surface area contributed by atoms with Crippen LogP contribution in [-0.2, 0) is 0 Å². The largest absolute Gasteiger partial charge is 0.495 e. The van der Waals surface area contributed by atoms with Crippen molar-refractivity contribution in [3.63, 3.8) is 0 Å². The maximum Gasteiger partial charge on any atom is 0.274 e. The van der Waals surface area contributed by atoms with Gasteiger partial charge in [0.25, 0.3) is 5.91 Å². The van der Waals surface area contributed by atoms with Crippen molar-refractivity contribution in [3.05, 3.63) is 77.1 Å². The first kappa shape index (κ1) is 18.5. The number of nitrogens with zero attached hydrogens (tertiary/aromatic N) is 1. The number of rotatable bonds is 5. The summed E-state index contributed by atoms with van der Waals surface area (Å²) in [5.74, 6) is 0.509. The molecule has 0 aliphatic rings. The molecule has 27 heavy (non-hydrogen) atoms. The van der Waals surface area contributed by atoms with E-state index in [1.165, 1.54) is 5.56 Å². The lowest BCUT2D eigenvalue weighted by molar-refractivity contribution is 0.102. The minimum absolute atomic E-state index is 0.238. The lowest BCUT2D eigenvalue weighted by Crippen LogP contribution is -2.13. The highest BCUT2D eigenvalue weighted by Gasteiger charge is 2.09. The number of ether oxygens (including phenoxy) is 1. The van der Waals surface area contributed by atoms with E-state index >= 15 is 0 Å². The molecule has 0 unspecified atom stereocenters. The Morgan fingerprint density at radius 2 is 1.70 bits per heavy atom. The molecule has 2 aromatic carbocycles. The van der Waals surface area contributed by atoms with Crippen molar-refractivity contribution in [2.75, 3.05) is 17.7 Å². The molecule has 3 aromatic rings. The highest BCUT2D eigenvalue weighted by molar-refractivity contribution is 6.03. The maximum absolute atomic E-state index is 12.4. The van der Waals surface area contributed by atoms with E-state index in [4.69, 9.17) is 4.74 Å². The fourth-order valence-corrected chi connectivity index (χ4v) is 2.69. The molecule has 0 saturated carbocycles. The van der Waals surface area contributed by atoms with Crippen LogP contribution in [0.15, 0.2) is 54.7 Å². The smallest absolute Gasteiger partial charge is 0.274 e. The summed E-state index contributed by atoms with van der Waals surface area (Å²) in [7, 11) is 1.63. The van der Waals surface area contributed by atoms with Crippen LogP contribution in [0.2, 0.25) is 0 Å². The molecule has 1 heterocycles. The van der Waals surface area contributed by atoms with Gasteiger partial charge in [-0.05, 0) is 73.9 Å². The van der Waals surface area contributed by atoms with Gasteiger partial charge in [-0.2, -0.15) is 0 Å². The summed E-state index contributed by atoms with van der Waals surface area (Å²) < 4.78 is 5.37. The van der Waals surface area contributed by atoms with Crippen molar-refractivity contribution in [2.45, 2.75) is 20.8 Å². The topological polar surface area (TPSA) is 63.2 Å². The van der Waals surface area contributed by atoms with Crippen LogP contribution in [0, 0.1) is 20.8 Å². The molecule has 5 heteroatoms. The molecule has 0 radical (unpaired) electrons. The molecular formula is C22H23N3O2. The summed E-state index contributed by atoms with van der Waals surface area (Å²) in [6, 6.07) is 15.2. The number of aromatic nitrogens is 1. The second-order valence-corrected chi connectivity index (χ2v) is 6.51. The number of nitrogens with one attached hydrogen (secondary N) is 2. The van der Waals surface area contributed by atoms with E-state index in [0.717, 1.165) is 33.9 Å². The second kappa shape index (κ2) is 7.91. The lowest BCUT2D eigenvalue weighted by Gasteiger charge is -2.12. The molecule has 0 bridgehead atoms. The number of carbonyl (C=O) groups excluding carboxylic acids is 1. The SMILES string of the molecule is COc1ccc(C)cc1Nc1ccc(C(=O)Nc2ccc(C)c(C)c2)nc1. The molecule has 0 atom stereocenters. The summed E-state index contributed by atoms with van der Waals surface area (Å²) in [5, 5.41) is 6.15. The average Bonchev–Trinajstić information content (AvgIpc) is 2.65. The molecule has 1 amide bonds. The van der Waals surface area contributed by atoms with Crippen molar-refractivity contribution in [2.24, 2.45) is 0 Å². The lowest BCUT2D eigenvalue weighted by atomic mass is 10.1. The molecular weight excluding hydrogens is 338 g/mol. The van der Waals surface area contributed by atoms with E-state index in [2.05, 4.69) is 15.6 Å². The van der Waals surface area contributed by atoms with Crippen molar-refractivity contribution in [1.29, 1.82) is 0 Å². The quantitative estimate of drug-likeness (QED) is 0.670. The molecule has 2 N–H and O–H groups in total. The molecule has 0 aliphatic carbocycles. The Bertz CT molecular complexity index is 966. The molecule has 0 spiro atoms. The van der Waals surface area contributed by atoms with Crippen LogP contribution in [0.5, 0.6) is 5.75 Å². The Morgan fingerprint density at radius 3 is 2.37 bits per heavy atom. The van der Waals surface area contributed by atoms with E-state index in [-0.39, 0.29) is 5.91 Å². The van der Waals surface area contributed by atoms with Crippen molar-refractivity contribution >= 4 is 23.0 Å². The Kier molecular flexibility index (Phi) is 5.41. The van der Waals surface area contributed by atoms with E-state index in [1.807, 2.05) is 63.2 Å². The van der Waals surface area contributed by atoms with Gasteiger partial charge in [0.05, 0.1) is 24.7 Å². The van der Waals surface area contributed by atoms with E-state index in [1.54, 1.807) is 19.4 Å². The Hall–Kier alpha value is -3.34. The molecule has 0 fully saturated rings. The van der Waals surface area contributed by atoms with Crippen LogP contribution in [0.4, 0.5) is 17.1 Å². The molecule has 3 rings (SSSR count). The zero-order valence-electron chi connectivity index (χ0n) is 16.0. The normalized spacial score (nSPS) is 10.4. The average molecular weight is 361 g/mol. The van der Waals surface area contributed by atoms with Crippen LogP contribution < -0.4 is 15.4 Å². The van der Waals surface area contributed by atoms with Gasteiger partial charge in [-0.15, -0.1) is 0 Å². The minimum atomic E-state index is -0.238. The van der Waals surface area contributed by atoms with Crippen LogP contribution in [0.1, 0.15) is 27.2 Å². The Labute approximate surface area is 159 Å². The summed E-state index contributed by atoms with van der Waals surface area (Å²) >= 11 is 0. The van der Waals surface area contributed by atoms with Crippen LogP contribution in [0.3, 0.4) is 0 Å². The Morgan fingerprint density at radius 1 is 0.926 bits per heavy atom. The first-order valence-electron chi connectivity index (χ1n) is 8.72. The Balaban J connectivity index is 1.72. The van der Waals surface area contributed by atoms with Gasteiger partial charge in [0.1, 0.15) is 11.4 Å². The van der Waals surface area contributed by atoms with E-state index in [0.29, 0.717) is 5.69 Å². The standard InChI is InChI=1S/C22H23N3O2/c1-14-5-10-21(27-4)20(11-14)24-18-8-9-19(23-13-18)22(26)25-17-7-6-15(2)16(3)12-17/h5-13,24H,1-4H3,(H,25,26). The zero-order chi connectivity index (χ0) is 19.4. The number of aryl methyl sites for hydroxylation is 3. The van der Waals surface area contributed by atoms with Crippen molar-refractivity contribution in [1.82, 2.24) is 4.98 Å². The number of carbonyl (C=O) groups is 1. The summed E-state index contributed by atoms with van der Waals surface area (Å²) in [6.45, 7) is 6.07. The van der Waals surface area contributed by atoms with Gasteiger partial charge < -0.3 is 15.4 Å². The highest BCUT2D eigenvalue weighted by Crippen LogP contribution is 2.28. The zero-order valence-corrected chi connectivity index (χ0v) is 16.0. The third-order valence-corrected chi connectivity index (χ3v) is 4.39. The third kappa shape index (κ3) is 4.44. The van der Waals surface area contributed by atoms with Gasteiger partial charge in [-0.3, -0.25) is 4.79 Å². The summed E-state index contributed by atoms with van der Waals surface area (Å²) in [6.07, 6.45) is 1.64. The number of hydrogen-bond acceptors (Lipinski definition) is 4. The monoisotopic (exact) mass is 361 g/mol. The minimum Gasteiger partial charge on any atom is -0.495 e. The van der Waals surface area contributed by atoms with Crippen LogP contribution >= 0.6 is 0 Å². The van der Waals surface area contributed by atoms with Crippen molar-refractivity contribution < 1.29 is 9.53 Å². The van der Waals surface area contributed by atoms with Gasteiger partial charge in [0, 0.05) is 5.69 Å². The highest BCUT2D eigenvalue weighted by atomic mass is 16.5. The number of hydrogen-bond donors (Lipinski definition) is 2. The van der Waals surface area contributed by atoms with E-state index < -0.39 is 0 Å². The second-order valence-electron chi connectivity index (χ2n) is 6.51. The number of amides is 1. The van der Waals surface area contributed by atoms with Crippen molar-refractivity contribution in [3.8, 4) is 5.75 Å². The maximum atomic E-state index is 12.4. The van der Waals surface area contributed by atoms with Gasteiger partial charge in [-0.25, -0.2) is 4.98 Å².